The number of sulfonamides is 1. The molecule has 0 bridgehead atoms. The van der Waals surface area contributed by atoms with Gasteiger partial charge in [0.2, 0.25) is 10.0 Å². The van der Waals surface area contributed by atoms with Gasteiger partial charge >= 0.3 is 0 Å². The number of nitrogens with two attached hydrogens (primary N) is 1. The third-order valence-corrected chi connectivity index (χ3v) is 5.09. The molecule has 1 aliphatic rings. The Kier molecular flexibility index (Phi) is 4.74. The van der Waals surface area contributed by atoms with Gasteiger partial charge in [-0.2, -0.15) is 0 Å². The molecule has 3 N–H and O–H groups in total. The zero-order valence-corrected chi connectivity index (χ0v) is 12.4. The van der Waals surface area contributed by atoms with Crippen LogP contribution in [0.5, 0.6) is 0 Å². The van der Waals surface area contributed by atoms with E-state index in [4.69, 9.17) is 10.5 Å². The average molecular weight is 299 g/mol. The second kappa shape index (κ2) is 6.17. The minimum atomic E-state index is -3.52. The van der Waals surface area contributed by atoms with Gasteiger partial charge in [-0.3, -0.25) is 4.98 Å². The summed E-state index contributed by atoms with van der Waals surface area (Å²) in [5.74, 6) is 0. The second-order valence-electron chi connectivity index (χ2n) is 5.44. The Balaban J connectivity index is 2.02. The highest BCUT2D eigenvalue weighted by Gasteiger charge is 2.29. The molecule has 0 spiro atoms. The smallest absolute Gasteiger partial charge is 0.242 e. The number of rotatable bonds is 5. The largest absolute Gasteiger partial charge is 0.381 e. The first-order valence-corrected chi connectivity index (χ1v) is 8.16. The molecule has 1 fully saturated rings. The highest BCUT2D eigenvalue weighted by Crippen LogP contribution is 2.29. The summed E-state index contributed by atoms with van der Waals surface area (Å²) < 4.78 is 32.4. The molecule has 0 unspecified atom stereocenters. The van der Waals surface area contributed by atoms with E-state index in [1.54, 1.807) is 6.07 Å². The standard InChI is InChI=1S/C13H21N3O3S/c1-13(4-6-19-7-5-13)10-16-20(17,18)12-3-2-11(8-14)15-9-12/h2-3,9,16H,4-8,10,14H2,1H3. The lowest BCUT2D eigenvalue weighted by Gasteiger charge is -2.33. The van der Waals surface area contributed by atoms with Crippen LogP contribution >= 0.6 is 0 Å². The molecule has 0 amide bonds. The molecule has 112 valence electrons. The first-order valence-electron chi connectivity index (χ1n) is 6.68. The Morgan fingerprint density at radius 1 is 1.40 bits per heavy atom. The number of aromatic nitrogens is 1. The van der Waals surface area contributed by atoms with Gasteiger partial charge in [-0.25, -0.2) is 13.1 Å². The van der Waals surface area contributed by atoms with Crippen molar-refractivity contribution in [2.45, 2.75) is 31.2 Å². The summed E-state index contributed by atoms with van der Waals surface area (Å²) in [6.45, 7) is 4.16. The Morgan fingerprint density at radius 3 is 2.65 bits per heavy atom. The molecule has 0 aliphatic carbocycles. The number of hydrogen-bond donors (Lipinski definition) is 2. The normalized spacial score (nSPS) is 18.9. The first-order chi connectivity index (χ1) is 9.45. The topological polar surface area (TPSA) is 94.3 Å². The molecule has 0 atom stereocenters. The second-order valence-corrected chi connectivity index (χ2v) is 7.20. The summed E-state index contributed by atoms with van der Waals surface area (Å²) in [5.41, 5.74) is 6.06. The SMILES string of the molecule is CC1(CNS(=O)(=O)c2ccc(CN)nc2)CCOCC1. The van der Waals surface area contributed by atoms with Crippen molar-refractivity contribution >= 4 is 10.0 Å². The van der Waals surface area contributed by atoms with E-state index in [0.29, 0.717) is 32.0 Å². The van der Waals surface area contributed by atoms with Crippen molar-refractivity contribution in [2.24, 2.45) is 11.1 Å². The molecule has 2 heterocycles. The molecule has 0 saturated carbocycles. The molecular formula is C13H21N3O3S. The van der Waals surface area contributed by atoms with Gasteiger partial charge in [0.15, 0.2) is 0 Å². The van der Waals surface area contributed by atoms with Gasteiger partial charge < -0.3 is 10.5 Å². The monoisotopic (exact) mass is 299 g/mol. The van der Waals surface area contributed by atoms with Gasteiger partial charge in [0.05, 0.1) is 5.69 Å². The maximum absolute atomic E-state index is 12.2. The van der Waals surface area contributed by atoms with Crippen LogP contribution in [0.4, 0.5) is 0 Å². The fraction of sp³-hybridized carbons (Fsp3) is 0.615. The molecule has 20 heavy (non-hydrogen) atoms. The average Bonchev–Trinajstić information content (AvgIpc) is 2.46. The third-order valence-electron chi connectivity index (χ3n) is 3.71. The van der Waals surface area contributed by atoms with Gasteiger partial charge in [0.1, 0.15) is 4.90 Å². The Morgan fingerprint density at radius 2 is 2.10 bits per heavy atom. The Bertz CT molecular complexity index is 536. The van der Waals surface area contributed by atoms with Crippen LogP contribution in [0.25, 0.3) is 0 Å². The zero-order valence-electron chi connectivity index (χ0n) is 11.6. The highest BCUT2D eigenvalue weighted by atomic mass is 32.2. The molecule has 6 nitrogen and oxygen atoms in total. The van der Waals surface area contributed by atoms with Crippen molar-refractivity contribution in [2.75, 3.05) is 19.8 Å². The van der Waals surface area contributed by atoms with E-state index in [1.807, 2.05) is 0 Å². The lowest BCUT2D eigenvalue weighted by molar-refractivity contribution is 0.0264. The van der Waals surface area contributed by atoms with E-state index in [2.05, 4.69) is 16.6 Å². The number of hydrogen-bond acceptors (Lipinski definition) is 5. The lowest BCUT2D eigenvalue weighted by Crippen LogP contribution is -2.39. The van der Waals surface area contributed by atoms with E-state index >= 15 is 0 Å². The molecular weight excluding hydrogens is 278 g/mol. The Labute approximate surface area is 119 Å². The summed E-state index contributed by atoms with van der Waals surface area (Å²) in [5, 5.41) is 0. The van der Waals surface area contributed by atoms with E-state index in [0.717, 1.165) is 12.8 Å². The van der Waals surface area contributed by atoms with Crippen LogP contribution in [0.3, 0.4) is 0 Å². The van der Waals surface area contributed by atoms with Crippen LogP contribution in [0, 0.1) is 5.41 Å². The van der Waals surface area contributed by atoms with Crippen LogP contribution < -0.4 is 10.5 Å². The van der Waals surface area contributed by atoms with E-state index in [1.165, 1.54) is 12.3 Å². The minimum Gasteiger partial charge on any atom is -0.381 e. The highest BCUT2D eigenvalue weighted by molar-refractivity contribution is 7.89. The molecule has 2 rings (SSSR count). The number of pyridine rings is 1. The van der Waals surface area contributed by atoms with Gasteiger partial charge in [0.25, 0.3) is 0 Å². The van der Waals surface area contributed by atoms with Crippen molar-refractivity contribution in [1.29, 1.82) is 0 Å². The van der Waals surface area contributed by atoms with Crippen LogP contribution in [0.1, 0.15) is 25.5 Å². The predicted octanol–water partition coefficient (Wildman–Crippen LogP) is 0.635. The maximum Gasteiger partial charge on any atom is 0.242 e. The molecule has 1 saturated heterocycles. The van der Waals surface area contributed by atoms with Gasteiger partial charge in [-0.15, -0.1) is 0 Å². The molecule has 1 aromatic heterocycles. The summed E-state index contributed by atoms with van der Waals surface area (Å²) in [6, 6.07) is 3.16. The van der Waals surface area contributed by atoms with Gasteiger partial charge in [-0.05, 0) is 30.4 Å². The van der Waals surface area contributed by atoms with Crippen LogP contribution in [-0.2, 0) is 21.3 Å². The number of ether oxygens (including phenoxy) is 1. The predicted molar refractivity (Wildman–Crippen MR) is 75.5 cm³/mol. The summed E-state index contributed by atoms with van der Waals surface area (Å²) in [6.07, 6.45) is 3.07. The molecule has 0 radical (unpaired) electrons. The third kappa shape index (κ3) is 3.76. The fourth-order valence-corrected chi connectivity index (χ4v) is 3.23. The molecule has 1 aromatic rings. The molecule has 1 aliphatic heterocycles. The summed E-state index contributed by atoms with van der Waals surface area (Å²) in [7, 11) is -3.52. The van der Waals surface area contributed by atoms with Crippen molar-refractivity contribution in [3.05, 3.63) is 24.0 Å². The van der Waals surface area contributed by atoms with Crippen molar-refractivity contribution in [1.82, 2.24) is 9.71 Å². The zero-order chi connectivity index (χ0) is 14.6. The lowest BCUT2D eigenvalue weighted by atomic mass is 9.83. The number of nitrogens with one attached hydrogen (secondary N) is 1. The fourth-order valence-electron chi connectivity index (χ4n) is 2.08. The Hall–Kier alpha value is -1.02. The van der Waals surface area contributed by atoms with E-state index < -0.39 is 10.0 Å². The maximum atomic E-state index is 12.2. The van der Waals surface area contributed by atoms with Crippen molar-refractivity contribution in [3.63, 3.8) is 0 Å². The molecule has 0 aromatic carbocycles. The van der Waals surface area contributed by atoms with E-state index in [-0.39, 0.29) is 10.3 Å². The summed E-state index contributed by atoms with van der Waals surface area (Å²) in [4.78, 5) is 4.18. The van der Waals surface area contributed by atoms with Crippen LogP contribution in [0.15, 0.2) is 23.2 Å². The first kappa shape index (κ1) is 15.4. The van der Waals surface area contributed by atoms with Crippen LogP contribution in [0.2, 0.25) is 0 Å². The van der Waals surface area contributed by atoms with Crippen molar-refractivity contribution in [3.8, 4) is 0 Å². The molecule has 7 heteroatoms. The van der Waals surface area contributed by atoms with Crippen molar-refractivity contribution < 1.29 is 13.2 Å². The van der Waals surface area contributed by atoms with Crippen LogP contribution in [-0.4, -0.2) is 33.2 Å². The minimum absolute atomic E-state index is 0.0457. The summed E-state index contributed by atoms with van der Waals surface area (Å²) >= 11 is 0. The quantitative estimate of drug-likeness (QED) is 0.832. The number of nitrogens with zero attached hydrogens (tertiary/aromatic N) is 1. The van der Waals surface area contributed by atoms with E-state index in [9.17, 15) is 8.42 Å². The van der Waals surface area contributed by atoms with Gasteiger partial charge in [0, 0.05) is 32.5 Å². The van der Waals surface area contributed by atoms with Gasteiger partial charge in [-0.1, -0.05) is 6.92 Å².